The van der Waals surface area contributed by atoms with Gasteiger partial charge in [-0.1, -0.05) is 11.6 Å². The lowest BCUT2D eigenvalue weighted by Gasteiger charge is -2.24. The first kappa shape index (κ1) is 15.9. The van der Waals surface area contributed by atoms with Gasteiger partial charge in [0, 0.05) is 32.4 Å². The zero-order valence-electron chi connectivity index (χ0n) is 12.3. The molecule has 2 heterocycles. The van der Waals surface area contributed by atoms with Crippen LogP contribution in [0.1, 0.15) is 13.8 Å². The van der Waals surface area contributed by atoms with E-state index in [0.29, 0.717) is 37.4 Å². The number of anilines is 1. The maximum Gasteiger partial charge on any atom is 0.255 e. The lowest BCUT2D eigenvalue weighted by atomic mass is 10.4. The predicted octanol–water partition coefficient (Wildman–Crippen LogP) is 1.66. The van der Waals surface area contributed by atoms with Crippen molar-refractivity contribution in [1.82, 2.24) is 19.6 Å². The van der Waals surface area contributed by atoms with Crippen LogP contribution in [0.15, 0.2) is 12.4 Å². The third kappa shape index (κ3) is 4.26. The molecule has 7 nitrogen and oxygen atoms in total. The molecular weight excluding hydrogens is 294 g/mol. The minimum atomic E-state index is 0.392. The molecule has 0 amide bonds. The van der Waals surface area contributed by atoms with Gasteiger partial charge in [-0.15, -0.1) is 0 Å². The fourth-order valence-corrected chi connectivity index (χ4v) is 2.15. The number of fused-ring (bicyclic) bond motifs is 1. The van der Waals surface area contributed by atoms with Crippen LogP contribution >= 0.6 is 11.6 Å². The van der Waals surface area contributed by atoms with Crippen molar-refractivity contribution in [2.75, 3.05) is 44.4 Å². The fourth-order valence-electron chi connectivity index (χ4n) is 1.97. The van der Waals surface area contributed by atoms with E-state index in [9.17, 15) is 0 Å². The van der Waals surface area contributed by atoms with Crippen molar-refractivity contribution < 1.29 is 9.47 Å². The average molecular weight is 314 g/mol. The number of hydrogen-bond donors (Lipinski definition) is 0. The molecule has 2 aromatic heterocycles. The molecule has 0 saturated carbocycles. The SMILES string of the molecule is CCOCCN(CCOCC)c1cc(Cl)nc2ncnn12. The van der Waals surface area contributed by atoms with Gasteiger partial charge in [-0.05, 0) is 13.8 Å². The Morgan fingerprint density at radius 3 is 2.48 bits per heavy atom. The van der Waals surface area contributed by atoms with Gasteiger partial charge in [-0.2, -0.15) is 19.6 Å². The first-order chi connectivity index (χ1) is 10.3. The summed E-state index contributed by atoms with van der Waals surface area (Å²) in [5.74, 6) is 1.32. The van der Waals surface area contributed by atoms with E-state index in [2.05, 4.69) is 20.0 Å². The Kier molecular flexibility index (Phi) is 6.16. The van der Waals surface area contributed by atoms with Crippen LogP contribution in [-0.4, -0.2) is 59.1 Å². The molecule has 0 fully saturated rings. The average Bonchev–Trinajstić information content (AvgIpc) is 2.93. The van der Waals surface area contributed by atoms with Crippen molar-refractivity contribution >= 4 is 23.2 Å². The maximum absolute atomic E-state index is 6.07. The summed E-state index contributed by atoms with van der Waals surface area (Å²) in [5.41, 5.74) is 0. The highest BCUT2D eigenvalue weighted by molar-refractivity contribution is 6.29. The molecule has 21 heavy (non-hydrogen) atoms. The molecule has 0 aliphatic carbocycles. The second-order valence-corrected chi connectivity index (χ2v) is 4.68. The van der Waals surface area contributed by atoms with Gasteiger partial charge in [0.05, 0.1) is 13.2 Å². The van der Waals surface area contributed by atoms with E-state index >= 15 is 0 Å². The molecule has 0 saturated heterocycles. The van der Waals surface area contributed by atoms with E-state index < -0.39 is 0 Å². The predicted molar refractivity (Wildman–Crippen MR) is 81.0 cm³/mol. The van der Waals surface area contributed by atoms with E-state index in [1.165, 1.54) is 6.33 Å². The van der Waals surface area contributed by atoms with Gasteiger partial charge in [-0.25, -0.2) is 0 Å². The zero-order chi connectivity index (χ0) is 15.1. The van der Waals surface area contributed by atoms with Crippen molar-refractivity contribution in [1.29, 1.82) is 0 Å². The van der Waals surface area contributed by atoms with Crippen LogP contribution in [0, 0.1) is 0 Å². The van der Waals surface area contributed by atoms with Crippen LogP contribution in [-0.2, 0) is 9.47 Å². The fraction of sp³-hybridized carbons (Fsp3) is 0.615. The largest absolute Gasteiger partial charge is 0.380 e. The monoisotopic (exact) mass is 313 g/mol. The summed E-state index contributed by atoms with van der Waals surface area (Å²) in [4.78, 5) is 10.3. The topological polar surface area (TPSA) is 64.8 Å². The molecule has 2 aromatic rings. The number of aromatic nitrogens is 4. The van der Waals surface area contributed by atoms with Crippen molar-refractivity contribution in [2.45, 2.75) is 13.8 Å². The molecule has 0 spiro atoms. The highest BCUT2D eigenvalue weighted by Crippen LogP contribution is 2.18. The van der Waals surface area contributed by atoms with Crippen molar-refractivity contribution in [3.05, 3.63) is 17.5 Å². The van der Waals surface area contributed by atoms with Crippen LogP contribution in [0.3, 0.4) is 0 Å². The highest BCUT2D eigenvalue weighted by atomic mass is 35.5. The van der Waals surface area contributed by atoms with Gasteiger partial charge in [0.1, 0.15) is 17.3 Å². The molecule has 0 aromatic carbocycles. The summed E-state index contributed by atoms with van der Waals surface area (Å²) < 4.78 is 12.5. The lowest BCUT2D eigenvalue weighted by Crippen LogP contribution is -2.33. The number of halogens is 1. The van der Waals surface area contributed by atoms with E-state index in [4.69, 9.17) is 21.1 Å². The first-order valence-corrected chi connectivity index (χ1v) is 7.40. The minimum Gasteiger partial charge on any atom is -0.380 e. The number of ether oxygens (including phenoxy) is 2. The smallest absolute Gasteiger partial charge is 0.255 e. The Bertz CT molecular complexity index is 552. The Hall–Kier alpha value is -1.44. The molecule has 2 rings (SSSR count). The van der Waals surface area contributed by atoms with Gasteiger partial charge >= 0.3 is 0 Å². The van der Waals surface area contributed by atoms with E-state index in [0.717, 1.165) is 18.9 Å². The van der Waals surface area contributed by atoms with E-state index in [-0.39, 0.29) is 0 Å². The van der Waals surface area contributed by atoms with Crippen LogP contribution in [0.4, 0.5) is 5.82 Å². The maximum atomic E-state index is 6.07. The van der Waals surface area contributed by atoms with Gasteiger partial charge in [0.2, 0.25) is 0 Å². The molecule has 0 N–H and O–H groups in total. The summed E-state index contributed by atoms with van der Waals surface area (Å²) in [6.07, 6.45) is 1.46. The van der Waals surface area contributed by atoms with E-state index in [1.807, 2.05) is 13.8 Å². The lowest BCUT2D eigenvalue weighted by molar-refractivity contribution is 0.141. The summed E-state index contributed by atoms with van der Waals surface area (Å²) in [6, 6.07) is 1.78. The number of hydrogen-bond acceptors (Lipinski definition) is 6. The second kappa shape index (κ2) is 8.11. The molecule has 0 radical (unpaired) electrons. The third-order valence-corrected chi connectivity index (χ3v) is 3.14. The van der Waals surface area contributed by atoms with Crippen LogP contribution in [0.25, 0.3) is 5.78 Å². The zero-order valence-corrected chi connectivity index (χ0v) is 13.1. The molecule has 8 heteroatoms. The Labute approximate surface area is 128 Å². The molecule has 0 aliphatic heterocycles. The van der Waals surface area contributed by atoms with Crippen molar-refractivity contribution in [2.24, 2.45) is 0 Å². The van der Waals surface area contributed by atoms with Crippen LogP contribution in [0.2, 0.25) is 5.15 Å². The Balaban J connectivity index is 2.21. The van der Waals surface area contributed by atoms with E-state index in [1.54, 1.807) is 10.6 Å². The Morgan fingerprint density at radius 1 is 1.19 bits per heavy atom. The standard InChI is InChI=1S/C13H20ClN5O2/c1-3-20-7-5-18(6-8-21-4-2)12-9-11(14)17-13-15-10-16-19(12)13/h9-10H,3-8H2,1-2H3. The summed E-state index contributed by atoms with van der Waals surface area (Å²) in [5, 5.41) is 4.59. The normalized spacial score (nSPS) is 11.2. The summed E-state index contributed by atoms with van der Waals surface area (Å²) in [6.45, 7) is 8.02. The van der Waals surface area contributed by atoms with Gasteiger partial charge in [0.15, 0.2) is 0 Å². The molecule has 0 bridgehead atoms. The molecule has 0 atom stereocenters. The quantitative estimate of drug-likeness (QED) is 0.518. The highest BCUT2D eigenvalue weighted by Gasteiger charge is 2.14. The summed E-state index contributed by atoms with van der Waals surface area (Å²) >= 11 is 6.07. The van der Waals surface area contributed by atoms with Crippen molar-refractivity contribution in [3.63, 3.8) is 0 Å². The molecular formula is C13H20ClN5O2. The first-order valence-electron chi connectivity index (χ1n) is 7.03. The third-order valence-electron chi connectivity index (χ3n) is 2.95. The minimum absolute atomic E-state index is 0.392. The summed E-state index contributed by atoms with van der Waals surface area (Å²) in [7, 11) is 0. The van der Waals surface area contributed by atoms with Crippen LogP contribution < -0.4 is 4.90 Å². The van der Waals surface area contributed by atoms with Crippen LogP contribution in [0.5, 0.6) is 0 Å². The Morgan fingerprint density at radius 2 is 1.86 bits per heavy atom. The second-order valence-electron chi connectivity index (χ2n) is 4.29. The van der Waals surface area contributed by atoms with Gasteiger partial charge < -0.3 is 14.4 Å². The van der Waals surface area contributed by atoms with Gasteiger partial charge in [-0.3, -0.25) is 0 Å². The molecule has 116 valence electrons. The van der Waals surface area contributed by atoms with Gasteiger partial charge in [0.25, 0.3) is 5.78 Å². The number of rotatable bonds is 9. The molecule has 0 aliphatic rings. The number of nitrogens with zero attached hydrogens (tertiary/aromatic N) is 5. The van der Waals surface area contributed by atoms with Crippen molar-refractivity contribution in [3.8, 4) is 0 Å². The molecule has 0 unspecified atom stereocenters.